The number of carbonyl (C=O) groups excluding carboxylic acids is 2. The van der Waals surface area contributed by atoms with Gasteiger partial charge in [0.15, 0.2) is 0 Å². The molecule has 1 aliphatic heterocycles. The molecule has 0 saturated carbocycles. The highest BCUT2D eigenvalue weighted by atomic mass is 35.5. The second kappa shape index (κ2) is 8.43. The molecule has 3 aromatic carbocycles. The zero-order valence-electron chi connectivity index (χ0n) is 16.7. The van der Waals surface area contributed by atoms with E-state index in [-0.39, 0.29) is 33.2 Å². The zero-order chi connectivity index (χ0) is 23.0. The molecular weight excluding hydrogens is 440 g/mol. The quantitative estimate of drug-likeness (QED) is 0.331. The molecule has 1 unspecified atom stereocenters. The lowest BCUT2D eigenvalue weighted by molar-refractivity contribution is -0.132. The number of ketones is 1. The molecule has 5 nitrogen and oxygen atoms in total. The number of nitrogens with zero attached hydrogens (tertiary/aromatic N) is 1. The normalized spacial score (nSPS) is 17.6. The Bertz CT molecular complexity index is 1270. The summed E-state index contributed by atoms with van der Waals surface area (Å²) >= 11 is 6.04. The summed E-state index contributed by atoms with van der Waals surface area (Å²) in [6.45, 7) is 0. The maximum Gasteiger partial charge on any atom is 0.300 e. The van der Waals surface area contributed by atoms with Gasteiger partial charge < -0.3 is 9.84 Å². The molecule has 0 aromatic heterocycles. The third kappa shape index (κ3) is 3.61. The molecule has 32 heavy (non-hydrogen) atoms. The van der Waals surface area contributed by atoms with Gasteiger partial charge in [0.1, 0.15) is 23.1 Å². The number of halogens is 3. The maximum atomic E-state index is 14.8. The summed E-state index contributed by atoms with van der Waals surface area (Å²) < 4.78 is 33.9. The molecule has 8 heteroatoms. The van der Waals surface area contributed by atoms with Gasteiger partial charge in [-0.3, -0.25) is 14.5 Å². The maximum absolute atomic E-state index is 14.8. The molecule has 0 aliphatic carbocycles. The van der Waals surface area contributed by atoms with Crippen molar-refractivity contribution < 1.29 is 28.2 Å². The molecule has 1 heterocycles. The van der Waals surface area contributed by atoms with Crippen LogP contribution >= 0.6 is 11.6 Å². The number of carbonyl (C=O) groups is 2. The molecule has 0 radical (unpaired) electrons. The molecule has 1 fully saturated rings. The van der Waals surface area contributed by atoms with Crippen molar-refractivity contribution in [3.8, 4) is 5.75 Å². The first kappa shape index (κ1) is 21.5. The number of amides is 1. The molecule has 162 valence electrons. The molecule has 0 bridgehead atoms. The van der Waals surface area contributed by atoms with Gasteiger partial charge in [-0.1, -0.05) is 35.9 Å². The first-order valence-electron chi connectivity index (χ1n) is 9.48. The van der Waals surface area contributed by atoms with E-state index in [0.717, 1.165) is 11.0 Å². The van der Waals surface area contributed by atoms with Crippen molar-refractivity contribution >= 4 is 34.7 Å². The Kier molecular flexibility index (Phi) is 5.67. The van der Waals surface area contributed by atoms with Crippen molar-refractivity contribution in [1.82, 2.24) is 0 Å². The number of ether oxygens (including phenoxy) is 1. The molecule has 1 aliphatic rings. The van der Waals surface area contributed by atoms with E-state index in [9.17, 15) is 23.5 Å². The van der Waals surface area contributed by atoms with Gasteiger partial charge in [-0.05, 0) is 42.5 Å². The van der Waals surface area contributed by atoms with Crippen LogP contribution in [0.3, 0.4) is 0 Å². The van der Waals surface area contributed by atoms with Crippen molar-refractivity contribution in [3.05, 3.63) is 100 Å². The standard InChI is InChI=1S/C24H16ClF2NO4/c1-32-19-11-13(9-10-17(19)25)22(29)20-21(16-7-2-3-8-18(16)27)28(24(31)23(20)30)15-6-4-5-14(26)12-15/h2-12,21,29H,1H3/b22-20+. The number of aliphatic hydroxyl groups is 1. The molecule has 1 N–H and O–H groups in total. The minimum Gasteiger partial charge on any atom is -0.507 e. The van der Waals surface area contributed by atoms with E-state index >= 15 is 0 Å². The fraction of sp³-hybridized carbons (Fsp3) is 0.0833. The molecule has 4 rings (SSSR count). The van der Waals surface area contributed by atoms with Gasteiger partial charge in [0, 0.05) is 16.8 Å². The third-order valence-corrected chi connectivity index (χ3v) is 5.47. The van der Waals surface area contributed by atoms with Gasteiger partial charge >= 0.3 is 0 Å². The van der Waals surface area contributed by atoms with Gasteiger partial charge in [-0.25, -0.2) is 8.78 Å². The van der Waals surface area contributed by atoms with Gasteiger partial charge in [0.25, 0.3) is 11.7 Å². The largest absolute Gasteiger partial charge is 0.507 e. The highest BCUT2D eigenvalue weighted by molar-refractivity contribution is 6.51. The summed E-state index contributed by atoms with van der Waals surface area (Å²) in [6, 6.07) is 13.6. The first-order valence-corrected chi connectivity index (χ1v) is 9.86. The van der Waals surface area contributed by atoms with Crippen LogP contribution in [0.15, 0.2) is 72.3 Å². The predicted molar refractivity (Wildman–Crippen MR) is 116 cm³/mol. The van der Waals surface area contributed by atoms with E-state index in [4.69, 9.17) is 16.3 Å². The number of anilines is 1. The van der Waals surface area contributed by atoms with Crippen LogP contribution in [0.5, 0.6) is 5.75 Å². The third-order valence-electron chi connectivity index (χ3n) is 5.16. The lowest BCUT2D eigenvalue weighted by Gasteiger charge is -2.25. The predicted octanol–water partition coefficient (Wildman–Crippen LogP) is 5.25. The molecule has 0 spiro atoms. The van der Waals surface area contributed by atoms with Crippen LogP contribution in [0.4, 0.5) is 14.5 Å². The Labute approximate surface area is 187 Å². The highest BCUT2D eigenvalue weighted by Crippen LogP contribution is 2.43. The summed E-state index contributed by atoms with van der Waals surface area (Å²) in [5.41, 5.74) is -0.176. The van der Waals surface area contributed by atoms with Crippen molar-refractivity contribution in [3.63, 3.8) is 0 Å². The van der Waals surface area contributed by atoms with Crippen LogP contribution < -0.4 is 9.64 Å². The molecular formula is C24H16ClF2NO4. The smallest absolute Gasteiger partial charge is 0.300 e. The number of rotatable bonds is 4. The number of benzene rings is 3. The number of hydrogen-bond acceptors (Lipinski definition) is 4. The van der Waals surface area contributed by atoms with Gasteiger partial charge in [0.2, 0.25) is 0 Å². The summed E-state index contributed by atoms with van der Waals surface area (Å²) in [4.78, 5) is 27.0. The van der Waals surface area contributed by atoms with Gasteiger partial charge in [0.05, 0.1) is 23.7 Å². The Balaban J connectivity index is 1.98. The van der Waals surface area contributed by atoms with E-state index in [0.29, 0.717) is 0 Å². The fourth-order valence-electron chi connectivity index (χ4n) is 3.68. The van der Waals surface area contributed by atoms with Crippen molar-refractivity contribution in [2.45, 2.75) is 6.04 Å². The molecule has 1 amide bonds. The minimum absolute atomic E-state index is 0.0292. The van der Waals surface area contributed by atoms with Crippen LogP contribution in [-0.2, 0) is 9.59 Å². The number of hydrogen-bond donors (Lipinski definition) is 1. The second-order valence-corrected chi connectivity index (χ2v) is 7.43. The van der Waals surface area contributed by atoms with Crippen molar-refractivity contribution in [2.75, 3.05) is 12.0 Å². The molecule has 1 atom stereocenters. The van der Waals surface area contributed by atoms with E-state index in [2.05, 4.69) is 0 Å². The SMILES string of the molecule is COc1cc(/C(O)=C2\C(=O)C(=O)N(c3cccc(F)c3)C2c2ccccc2F)ccc1Cl. The lowest BCUT2D eigenvalue weighted by Crippen LogP contribution is -2.30. The number of methoxy groups -OCH3 is 1. The van der Waals surface area contributed by atoms with Gasteiger partial charge in [-0.2, -0.15) is 0 Å². The number of Topliss-reactive ketones (excluding diaryl/α,β-unsaturated/α-hetero) is 1. The van der Waals surface area contributed by atoms with Crippen LogP contribution in [0.25, 0.3) is 5.76 Å². The Hall–Kier alpha value is -3.71. The van der Waals surface area contributed by atoms with Crippen LogP contribution in [0.2, 0.25) is 5.02 Å². The first-order chi connectivity index (χ1) is 15.3. The van der Waals surface area contributed by atoms with Crippen molar-refractivity contribution in [2.24, 2.45) is 0 Å². The van der Waals surface area contributed by atoms with Crippen LogP contribution in [-0.4, -0.2) is 23.9 Å². The Morgan fingerprint density at radius 1 is 1.03 bits per heavy atom. The number of aliphatic hydroxyl groups excluding tert-OH is 1. The Morgan fingerprint density at radius 2 is 1.78 bits per heavy atom. The summed E-state index contributed by atoms with van der Waals surface area (Å²) in [7, 11) is 1.38. The minimum atomic E-state index is -1.32. The zero-order valence-corrected chi connectivity index (χ0v) is 17.4. The van der Waals surface area contributed by atoms with Crippen molar-refractivity contribution in [1.29, 1.82) is 0 Å². The average molecular weight is 456 g/mol. The van der Waals surface area contributed by atoms with E-state index in [1.807, 2.05) is 0 Å². The van der Waals surface area contributed by atoms with Gasteiger partial charge in [-0.15, -0.1) is 0 Å². The van der Waals surface area contributed by atoms with Crippen LogP contribution in [0.1, 0.15) is 17.2 Å². The monoisotopic (exact) mass is 455 g/mol. The topological polar surface area (TPSA) is 66.8 Å². The fourth-order valence-corrected chi connectivity index (χ4v) is 3.87. The summed E-state index contributed by atoms with van der Waals surface area (Å²) in [6.07, 6.45) is 0. The summed E-state index contributed by atoms with van der Waals surface area (Å²) in [5.74, 6) is -3.69. The van der Waals surface area contributed by atoms with E-state index in [1.165, 1.54) is 67.8 Å². The van der Waals surface area contributed by atoms with Crippen LogP contribution in [0, 0.1) is 11.6 Å². The summed E-state index contributed by atoms with van der Waals surface area (Å²) in [5, 5.41) is 11.3. The van der Waals surface area contributed by atoms with E-state index < -0.39 is 35.1 Å². The van der Waals surface area contributed by atoms with E-state index in [1.54, 1.807) is 0 Å². The second-order valence-electron chi connectivity index (χ2n) is 7.02. The lowest BCUT2D eigenvalue weighted by atomic mass is 9.94. The Morgan fingerprint density at radius 3 is 2.47 bits per heavy atom. The average Bonchev–Trinajstić information content (AvgIpc) is 3.04. The molecule has 1 saturated heterocycles. The highest BCUT2D eigenvalue weighted by Gasteiger charge is 2.47. The molecule has 3 aromatic rings.